The number of carbonyl (C=O) groups is 1. The normalized spacial score (nSPS) is 11.7. The Balaban J connectivity index is 1.59. The molecule has 3 rings (SSSR count). The highest BCUT2D eigenvalue weighted by Crippen LogP contribution is 2.30. The van der Waals surface area contributed by atoms with Crippen molar-refractivity contribution in [2.75, 3.05) is 13.7 Å². The van der Waals surface area contributed by atoms with Crippen LogP contribution in [0.3, 0.4) is 0 Å². The lowest BCUT2D eigenvalue weighted by Gasteiger charge is -2.17. The molecule has 31 heavy (non-hydrogen) atoms. The van der Waals surface area contributed by atoms with Gasteiger partial charge in [-0.2, -0.15) is 5.10 Å². The molecule has 0 aliphatic carbocycles. The Labute approximate surface area is 183 Å². The minimum Gasteiger partial charge on any atom is -0.493 e. The van der Waals surface area contributed by atoms with E-state index in [2.05, 4.69) is 22.3 Å². The second-order valence-electron chi connectivity index (χ2n) is 7.45. The highest BCUT2D eigenvalue weighted by molar-refractivity contribution is 5.94. The summed E-state index contributed by atoms with van der Waals surface area (Å²) in [6, 6.07) is 13.1. The Hall–Kier alpha value is -3.35. The van der Waals surface area contributed by atoms with Gasteiger partial charge in [0.2, 0.25) is 0 Å². The zero-order chi connectivity index (χ0) is 22.1. The van der Waals surface area contributed by atoms with Gasteiger partial charge in [0.1, 0.15) is 12.7 Å². The Morgan fingerprint density at radius 3 is 2.61 bits per heavy atom. The van der Waals surface area contributed by atoms with Crippen molar-refractivity contribution in [1.29, 1.82) is 0 Å². The summed E-state index contributed by atoms with van der Waals surface area (Å²) in [4.78, 5) is 16.6. The zero-order valence-electron chi connectivity index (χ0n) is 18.4. The number of methoxy groups -OCH3 is 1. The number of carbonyl (C=O) groups excluding carboxylic acids is 1. The smallest absolute Gasteiger partial charge is 0.251 e. The van der Waals surface area contributed by atoms with Gasteiger partial charge in [-0.05, 0) is 48.7 Å². The van der Waals surface area contributed by atoms with Crippen molar-refractivity contribution < 1.29 is 14.3 Å². The first kappa shape index (κ1) is 22.3. The molecule has 2 aromatic carbocycles. The average Bonchev–Trinajstić information content (AvgIpc) is 3.30. The maximum absolute atomic E-state index is 12.7. The number of unbranched alkanes of at least 4 members (excludes halogenated alkanes) is 2. The van der Waals surface area contributed by atoms with Crippen molar-refractivity contribution >= 4 is 5.91 Å². The van der Waals surface area contributed by atoms with E-state index in [0.29, 0.717) is 24.5 Å². The Morgan fingerprint density at radius 1 is 1.13 bits per heavy atom. The number of nitrogens with zero attached hydrogens (tertiary/aromatic N) is 3. The van der Waals surface area contributed by atoms with Crippen LogP contribution >= 0.6 is 0 Å². The zero-order valence-corrected chi connectivity index (χ0v) is 18.4. The predicted octanol–water partition coefficient (Wildman–Crippen LogP) is 4.40. The van der Waals surface area contributed by atoms with Gasteiger partial charge in [0.05, 0.1) is 26.3 Å². The van der Waals surface area contributed by atoms with E-state index in [9.17, 15) is 4.79 Å². The molecule has 3 aromatic rings. The van der Waals surface area contributed by atoms with Crippen LogP contribution < -0.4 is 14.8 Å². The molecule has 7 heteroatoms. The largest absolute Gasteiger partial charge is 0.493 e. The van der Waals surface area contributed by atoms with Crippen molar-refractivity contribution in [2.45, 2.75) is 45.7 Å². The van der Waals surface area contributed by atoms with Crippen LogP contribution in [-0.4, -0.2) is 34.4 Å². The van der Waals surface area contributed by atoms with Gasteiger partial charge in [0, 0.05) is 5.56 Å². The van der Waals surface area contributed by atoms with Gasteiger partial charge >= 0.3 is 0 Å². The number of benzene rings is 2. The molecule has 0 saturated heterocycles. The molecule has 0 aliphatic rings. The van der Waals surface area contributed by atoms with Crippen molar-refractivity contribution in [3.63, 3.8) is 0 Å². The first-order valence-corrected chi connectivity index (χ1v) is 10.6. The lowest BCUT2D eigenvalue weighted by Crippen LogP contribution is -2.26. The number of hydrogen-bond donors (Lipinski definition) is 1. The lowest BCUT2D eigenvalue weighted by atomic mass is 10.1. The van der Waals surface area contributed by atoms with Crippen LogP contribution in [0.5, 0.6) is 11.5 Å². The minimum absolute atomic E-state index is 0.126. The van der Waals surface area contributed by atoms with Crippen molar-refractivity contribution in [3.8, 4) is 11.5 Å². The third-order valence-electron chi connectivity index (χ3n) is 5.07. The lowest BCUT2D eigenvalue weighted by molar-refractivity contribution is 0.0940. The summed E-state index contributed by atoms with van der Waals surface area (Å²) in [7, 11) is 1.63. The molecule has 0 aliphatic heterocycles. The van der Waals surface area contributed by atoms with Gasteiger partial charge in [-0.3, -0.25) is 4.79 Å². The SMILES string of the molecule is CCCCCOc1ccc(C(C)NC(=O)c2ccc(Cn3cncn3)cc2)cc1OC. The second-order valence-corrected chi connectivity index (χ2v) is 7.45. The minimum atomic E-state index is -0.176. The molecule has 1 aromatic heterocycles. The van der Waals surface area contributed by atoms with Crippen LogP contribution in [0.4, 0.5) is 0 Å². The van der Waals surface area contributed by atoms with E-state index >= 15 is 0 Å². The molecule has 0 fully saturated rings. The second kappa shape index (κ2) is 11.2. The summed E-state index contributed by atoms with van der Waals surface area (Å²) in [5.74, 6) is 1.27. The van der Waals surface area contributed by atoms with E-state index in [1.807, 2.05) is 49.4 Å². The molecular formula is C24H30N4O3. The van der Waals surface area contributed by atoms with Crippen LogP contribution in [0, 0.1) is 0 Å². The Morgan fingerprint density at radius 2 is 1.94 bits per heavy atom. The quantitative estimate of drug-likeness (QED) is 0.464. The van der Waals surface area contributed by atoms with Crippen molar-refractivity contribution in [3.05, 3.63) is 71.8 Å². The van der Waals surface area contributed by atoms with Crippen LogP contribution in [-0.2, 0) is 6.54 Å². The first-order chi connectivity index (χ1) is 15.1. The third-order valence-corrected chi connectivity index (χ3v) is 5.07. The molecule has 0 radical (unpaired) electrons. The molecule has 0 spiro atoms. The van der Waals surface area contributed by atoms with Crippen LogP contribution in [0.1, 0.15) is 60.6 Å². The summed E-state index contributed by atoms with van der Waals surface area (Å²) in [5.41, 5.74) is 2.61. The Bertz CT molecular complexity index is 955. The van der Waals surface area contributed by atoms with E-state index in [0.717, 1.165) is 36.1 Å². The molecule has 0 saturated carbocycles. The predicted molar refractivity (Wildman–Crippen MR) is 119 cm³/mol. The molecule has 1 heterocycles. The molecule has 1 atom stereocenters. The highest BCUT2D eigenvalue weighted by Gasteiger charge is 2.14. The first-order valence-electron chi connectivity index (χ1n) is 10.6. The molecule has 164 valence electrons. The fourth-order valence-electron chi connectivity index (χ4n) is 3.23. The number of ether oxygens (including phenoxy) is 2. The molecule has 0 bridgehead atoms. The van der Waals surface area contributed by atoms with Crippen LogP contribution in [0.25, 0.3) is 0 Å². The summed E-state index contributed by atoms with van der Waals surface area (Å²) < 4.78 is 13.1. The third kappa shape index (κ3) is 6.31. The molecular weight excluding hydrogens is 392 g/mol. The van der Waals surface area contributed by atoms with E-state index in [4.69, 9.17) is 9.47 Å². The molecule has 7 nitrogen and oxygen atoms in total. The maximum Gasteiger partial charge on any atom is 0.251 e. The number of rotatable bonds is 11. The van der Waals surface area contributed by atoms with Gasteiger partial charge in [-0.1, -0.05) is 38.0 Å². The van der Waals surface area contributed by atoms with E-state index in [1.165, 1.54) is 6.33 Å². The highest BCUT2D eigenvalue weighted by atomic mass is 16.5. The fourth-order valence-corrected chi connectivity index (χ4v) is 3.23. The van der Waals surface area contributed by atoms with Gasteiger partial charge in [0.15, 0.2) is 11.5 Å². The van der Waals surface area contributed by atoms with Crippen LogP contribution in [0.2, 0.25) is 0 Å². The topological polar surface area (TPSA) is 78.3 Å². The number of amides is 1. The van der Waals surface area contributed by atoms with Crippen molar-refractivity contribution in [1.82, 2.24) is 20.1 Å². The average molecular weight is 423 g/mol. The molecule has 1 amide bonds. The number of hydrogen-bond acceptors (Lipinski definition) is 5. The van der Waals surface area contributed by atoms with E-state index in [1.54, 1.807) is 18.1 Å². The summed E-state index contributed by atoms with van der Waals surface area (Å²) in [6.07, 6.45) is 6.49. The van der Waals surface area contributed by atoms with Gasteiger partial charge in [-0.25, -0.2) is 9.67 Å². The number of nitrogens with one attached hydrogen (secondary N) is 1. The maximum atomic E-state index is 12.7. The number of aromatic nitrogens is 3. The fraction of sp³-hybridized carbons (Fsp3) is 0.375. The Kier molecular flexibility index (Phi) is 8.04. The van der Waals surface area contributed by atoms with E-state index in [-0.39, 0.29) is 11.9 Å². The monoisotopic (exact) mass is 422 g/mol. The van der Waals surface area contributed by atoms with Gasteiger partial charge < -0.3 is 14.8 Å². The summed E-state index contributed by atoms with van der Waals surface area (Å²) >= 11 is 0. The van der Waals surface area contributed by atoms with Gasteiger partial charge in [-0.15, -0.1) is 0 Å². The van der Waals surface area contributed by atoms with Crippen molar-refractivity contribution in [2.24, 2.45) is 0 Å². The summed E-state index contributed by atoms with van der Waals surface area (Å²) in [5, 5.41) is 7.14. The summed E-state index contributed by atoms with van der Waals surface area (Å²) in [6.45, 7) is 5.40. The van der Waals surface area contributed by atoms with Crippen LogP contribution in [0.15, 0.2) is 55.1 Å². The molecule has 1 N–H and O–H groups in total. The van der Waals surface area contributed by atoms with Gasteiger partial charge in [0.25, 0.3) is 5.91 Å². The standard InChI is InChI=1S/C24H30N4O3/c1-4-5-6-13-31-22-12-11-21(14-23(22)30-3)18(2)27-24(29)20-9-7-19(8-10-20)15-28-17-25-16-26-28/h7-12,14,16-18H,4-6,13,15H2,1-3H3,(H,27,29). The van der Waals surface area contributed by atoms with E-state index < -0.39 is 0 Å². The molecule has 1 unspecified atom stereocenters.